The van der Waals surface area contributed by atoms with E-state index in [9.17, 15) is 75.4 Å². The van der Waals surface area contributed by atoms with Gasteiger partial charge < -0.3 is 93.5 Å². The van der Waals surface area contributed by atoms with Crippen LogP contribution in [0.25, 0.3) is 37.8 Å². The molecule has 3 fully saturated rings. The highest BCUT2D eigenvalue weighted by molar-refractivity contribution is 7.21. The van der Waals surface area contributed by atoms with E-state index in [1.165, 1.54) is 87.2 Å². The number of nitrogens with two attached hydrogens (primary N) is 5. The highest BCUT2D eigenvalue weighted by atomic mass is 35.5. The molecule has 1 saturated carbocycles. The van der Waals surface area contributed by atoms with Crippen molar-refractivity contribution in [2.45, 2.75) is 148 Å². The number of anilines is 10. The molecular formula is C96H103ClF15N27O5S. The average molecular weight is 2070 g/mol. The van der Waals surface area contributed by atoms with Crippen LogP contribution in [-0.4, -0.2) is 156 Å². The number of aromatic nitrogens is 14. The van der Waals surface area contributed by atoms with Gasteiger partial charge in [0.2, 0.25) is 0 Å². The summed E-state index contributed by atoms with van der Waals surface area (Å²) in [6.07, 6.45) is -3.82. The Hall–Kier alpha value is -14.5. The zero-order chi connectivity index (χ0) is 105. The number of rotatable bonds is 22. The molecule has 0 spiro atoms. The maximum Gasteiger partial charge on any atom is 0.416 e. The molecule has 770 valence electrons. The maximum atomic E-state index is 13.2. The summed E-state index contributed by atoms with van der Waals surface area (Å²) in [6, 6.07) is 20.5. The number of nitrogen functional groups attached to an aromatic ring is 5. The van der Waals surface area contributed by atoms with E-state index in [0.29, 0.717) is 160 Å². The van der Waals surface area contributed by atoms with Crippen molar-refractivity contribution in [2.24, 2.45) is 5.92 Å². The molecule has 18 rings (SSSR count). The Morgan fingerprint density at radius 3 is 1.30 bits per heavy atom. The molecule has 49 heteroatoms. The Bertz CT molecular complexity index is 7130. The second-order valence-corrected chi connectivity index (χ2v) is 36.4. The molecule has 3 aliphatic rings. The molecule has 12 heterocycles. The second-order valence-electron chi connectivity index (χ2n) is 34.9. The fraction of sp³-hybridized carbons (Fsp3) is 0.354. The van der Waals surface area contributed by atoms with Crippen molar-refractivity contribution in [1.82, 2.24) is 83.2 Å². The van der Waals surface area contributed by atoms with Crippen LogP contribution in [0.3, 0.4) is 0 Å². The van der Waals surface area contributed by atoms with Gasteiger partial charge in [-0.15, -0.1) is 11.3 Å². The van der Waals surface area contributed by atoms with Gasteiger partial charge in [0.05, 0.1) is 124 Å². The number of aryl methyl sites for hydroxylation is 2. The first kappa shape index (κ1) is 106. The molecule has 32 nitrogen and oxygen atoms in total. The number of amides is 2. The van der Waals surface area contributed by atoms with E-state index in [1.54, 1.807) is 102 Å². The topological polar surface area (TPSA) is 418 Å². The van der Waals surface area contributed by atoms with Crippen molar-refractivity contribution in [2.75, 3.05) is 122 Å². The maximum absolute atomic E-state index is 13.2. The summed E-state index contributed by atoms with van der Waals surface area (Å²) < 4.78 is 220. The summed E-state index contributed by atoms with van der Waals surface area (Å²) in [5, 5.41) is 28.4. The van der Waals surface area contributed by atoms with Gasteiger partial charge in [-0.05, 0) is 211 Å². The van der Waals surface area contributed by atoms with Crippen molar-refractivity contribution in [3.8, 4) is 5.75 Å². The Kier molecular flexibility index (Phi) is 32.5. The average Bonchev–Trinajstić information content (AvgIpc) is 1.48. The lowest BCUT2D eigenvalue weighted by atomic mass is 10.0. The van der Waals surface area contributed by atoms with E-state index in [0.717, 1.165) is 89.2 Å². The third-order valence-electron chi connectivity index (χ3n) is 23.8. The number of carbonyl (C=O) groups is 2. The van der Waals surface area contributed by atoms with Crippen LogP contribution >= 0.6 is 22.9 Å². The summed E-state index contributed by atoms with van der Waals surface area (Å²) in [5.41, 5.74) is 31.0. The number of nitrogens with zero attached hydrogens (tertiary/aromatic N) is 16. The van der Waals surface area contributed by atoms with Crippen LogP contribution in [0.2, 0.25) is 5.15 Å². The van der Waals surface area contributed by atoms with Crippen molar-refractivity contribution in [3.05, 3.63) is 248 Å². The fourth-order valence-corrected chi connectivity index (χ4v) is 17.8. The third-order valence-corrected chi connectivity index (χ3v) is 25.1. The number of benzene rings is 5. The Morgan fingerprint density at radius 2 is 0.862 bits per heavy atom. The molecule has 1 aliphatic carbocycles. The Balaban J connectivity index is 0.000000144. The molecule has 16 N–H and O–H groups in total. The SMILES string of the molecule is CNCc1cc2c(N[C@H](C)c3cc(N)cc(C(F)(F)F)c3)nc(C)nn2c1.COc1cc2c(N[C@H](C)c3cc(N)cc(C(F)(F)F)c3)nc(C)nn2c1.C[C@@H](Nc1nc(Cl)cn2cc(C(=O)N3CCOCC3)nc12)c1cc(N)cc(C(F)(F)F)c1.C[C@@H](Nc1ncnc2cc(C(=O)N3CCOCC3)sc12)c1cc(N)cc(C(F)(F)F)c1.C[C@@H](Nc1ncnc2cn(CC3CCCC3)cc12)c1cc(N)cc(C(F)(F)F)c1. The minimum absolute atomic E-state index is 0.00752. The number of alkyl halides is 15. The number of ether oxygens (including phenoxy) is 3. The van der Waals surface area contributed by atoms with E-state index in [4.69, 9.17) is 54.5 Å². The predicted octanol–water partition coefficient (Wildman–Crippen LogP) is 20.3. The fourth-order valence-electron chi connectivity index (χ4n) is 16.6. The highest BCUT2D eigenvalue weighted by Gasteiger charge is 2.38. The van der Waals surface area contributed by atoms with E-state index in [2.05, 4.69) is 86.5 Å². The van der Waals surface area contributed by atoms with Crippen molar-refractivity contribution >= 4 is 130 Å². The number of thiophene rings is 1. The van der Waals surface area contributed by atoms with Gasteiger partial charge in [-0.3, -0.25) is 9.59 Å². The van der Waals surface area contributed by atoms with Crippen LogP contribution in [0.1, 0.15) is 184 Å². The summed E-state index contributed by atoms with van der Waals surface area (Å²) in [5.74, 6) is 4.30. The Labute approximate surface area is 828 Å². The summed E-state index contributed by atoms with van der Waals surface area (Å²) in [6.45, 7) is 17.7. The first-order chi connectivity index (χ1) is 68.5. The molecular weight excluding hydrogens is 1960 g/mol. The molecule has 0 bridgehead atoms. The monoisotopic (exact) mass is 2070 g/mol. The summed E-state index contributed by atoms with van der Waals surface area (Å²) in [7, 11) is 3.38. The van der Waals surface area contributed by atoms with Crippen LogP contribution in [0.4, 0.5) is 123 Å². The number of carbonyl (C=O) groups excluding carboxylic acids is 2. The van der Waals surface area contributed by atoms with Crippen LogP contribution in [-0.2, 0) is 53.4 Å². The van der Waals surface area contributed by atoms with Crippen molar-refractivity contribution < 1.29 is 89.7 Å². The minimum Gasteiger partial charge on any atom is -0.495 e. The molecule has 2 aliphatic heterocycles. The van der Waals surface area contributed by atoms with Crippen molar-refractivity contribution in [3.63, 3.8) is 0 Å². The van der Waals surface area contributed by atoms with Gasteiger partial charge in [0.15, 0.2) is 23.1 Å². The van der Waals surface area contributed by atoms with Crippen LogP contribution in [0.5, 0.6) is 5.75 Å². The number of imidazole rings is 1. The third kappa shape index (κ3) is 26.9. The lowest BCUT2D eigenvalue weighted by Gasteiger charge is -2.26. The van der Waals surface area contributed by atoms with Gasteiger partial charge >= 0.3 is 30.9 Å². The lowest BCUT2D eigenvalue weighted by molar-refractivity contribution is -0.138. The zero-order valence-corrected chi connectivity index (χ0v) is 81.0. The van der Waals surface area contributed by atoms with E-state index >= 15 is 0 Å². The number of hydrogen-bond acceptors (Lipinski definition) is 27. The quantitative estimate of drug-likeness (QED) is 0.0222. The number of morpholine rings is 2. The number of fused-ring (bicyclic) bond motifs is 5. The molecule has 5 atom stereocenters. The molecule has 15 aromatic rings. The highest BCUT2D eigenvalue weighted by Crippen LogP contribution is 2.43. The van der Waals surface area contributed by atoms with Crippen LogP contribution < -0.4 is 65.3 Å². The predicted molar refractivity (Wildman–Crippen MR) is 523 cm³/mol. The van der Waals surface area contributed by atoms with Crippen LogP contribution in [0.15, 0.2) is 159 Å². The van der Waals surface area contributed by atoms with E-state index in [1.807, 2.05) is 31.7 Å². The van der Waals surface area contributed by atoms with Gasteiger partial charge in [-0.1, -0.05) is 24.4 Å². The van der Waals surface area contributed by atoms with E-state index < -0.39 is 88.9 Å². The number of nitrogens with one attached hydrogen (secondary N) is 6. The number of halogens is 16. The van der Waals surface area contributed by atoms with Crippen LogP contribution in [0, 0.1) is 19.8 Å². The molecule has 0 unspecified atom stereocenters. The normalized spacial score (nSPS) is 14.9. The molecule has 2 saturated heterocycles. The second kappa shape index (κ2) is 44.4. The Morgan fingerprint density at radius 1 is 0.462 bits per heavy atom. The van der Waals surface area contributed by atoms with Gasteiger partial charge in [0.25, 0.3) is 11.8 Å². The standard InChI is InChI=1S/C21H24F3N5.C20H20ClF3N6O2.C20H20F3N5O2S.C18H21F3N6.C17H18F3N5O/c1-13(15-6-16(21(22,23)24)8-17(25)7-15)28-20-18-10-29(9-14-4-2-3-5-14)11-19(18)26-12-27-20;1-11(12-6-13(20(22,23)24)8-14(25)7-12)26-17-18-27-15(9-30(18)10-16(21)28-17)19(31)29-2-4-32-5-3-29;1-11(12-6-13(20(21,22)23)8-14(24)7-12)27-18-17-15(25-10-26-18)9-16(31-17)19(29)28-2-4-30-5-3-28;1-10(13-5-14(18(19,20)21)7-15(22)6-13)24-17-16-4-12(8-23-3)9-27(16)26-11(2)25-17;1-9(11-4-12(17(18,19)20)6-13(21)5-11)22-16-15-7-14(26-3)8-25(15)24-10(2)23-16/h6-8,10-14H,2-5,9,25H2,1H3,(H,26,27,28);6-11H,2-5,25H2,1H3,(H,26,28);6-11H,2-5,24H2,1H3,(H,25,26,27);4-7,9-10,23H,8,22H2,1-3H3,(H,24,25,26);4-9H,21H2,1-3H3,(H,22,23,24)/t13-;2*11-;10-;9-/m11111/s1. The van der Waals surface area contributed by atoms with E-state index in [-0.39, 0.29) is 56.9 Å². The zero-order valence-electron chi connectivity index (χ0n) is 79.4. The summed E-state index contributed by atoms with van der Waals surface area (Å²) in [4.78, 5) is 64.0. The molecule has 10 aromatic heterocycles. The lowest BCUT2D eigenvalue weighted by Crippen LogP contribution is -2.40. The molecule has 5 aromatic carbocycles. The largest absolute Gasteiger partial charge is 0.495 e. The minimum atomic E-state index is -4.52. The number of methoxy groups -OCH3 is 1. The molecule has 2 amide bonds. The number of hydrogen-bond donors (Lipinski definition) is 11. The molecule has 145 heavy (non-hydrogen) atoms. The van der Waals surface area contributed by atoms with Gasteiger partial charge in [-0.2, -0.15) is 76.1 Å². The first-order valence-electron chi connectivity index (χ1n) is 45.4. The molecule has 0 radical (unpaired) electrons. The van der Waals surface area contributed by atoms with Gasteiger partial charge in [0.1, 0.15) is 63.6 Å². The first-order valence-corrected chi connectivity index (χ1v) is 46.6. The van der Waals surface area contributed by atoms with Gasteiger partial charge in [0, 0.05) is 105 Å². The van der Waals surface area contributed by atoms with Crippen molar-refractivity contribution in [1.29, 1.82) is 0 Å². The van der Waals surface area contributed by atoms with Gasteiger partial charge in [-0.25, -0.2) is 48.9 Å². The smallest absolute Gasteiger partial charge is 0.416 e. The summed E-state index contributed by atoms with van der Waals surface area (Å²) >= 11 is 7.37.